The van der Waals surface area contributed by atoms with Gasteiger partial charge in [-0.2, -0.15) is 0 Å². The summed E-state index contributed by atoms with van der Waals surface area (Å²) in [7, 11) is 2.13. The van der Waals surface area contributed by atoms with Crippen LogP contribution in [0.1, 0.15) is 6.92 Å². The summed E-state index contributed by atoms with van der Waals surface area (Å²) in [4.78, 5) is 15.2. The van der Waals surface area contributed by atoms with Crippen molar-refractivity contribution in [1.82, 2.24) is 15.1 Å². The van der Waals surface area contributed by atoms with Crippen molar-refractivity contribution in [2.24, 2.45) is 0 Å². The fourth-order valence-corrected chi connectivity index (χ4v) is 1.60. The van der Waals surface area contributed by atoms with Crippen molar-refractivity contribution in [2.45, 2.75) is 13.0 Å². The molecule has 0 bridgehead atoms. The smallest absolute Gasteiger partial charge is 0.320 e. The van der Waals surface area contributed by atoms with Crippen LogP contribution in [0.5, 0.6) is 0 Å². The van der Waals surface area contributed by atoms with E-state index >= 15 is 0 Å². The Kier molecular flexibility index (Phi) is 5.01. The van der Waals surface area contributed by atoms with E-state index in [4.69, 9.17) is 5.11 Å². The van der Waals surface area contributed by atoms with Crippen molar-refractivity contribution in [1.29, 1.82) is 0 Å². The highest BCUT2D eigenvalue weighted by molar-refractivity contribution is 5.72. The molecule has 88 valence electrons. The molecule has 0 saturated carbocycles. The lowest BCUT2D eigenvalue weighted by Gasteiger charge is -2.32. The van der Waals surface area contributed by atoms with Crippen LogP contribution in [0.15, 0.2) is 0 Å². The first kappa shape index (κ1) is 12.4. The zero-order valence-corrected chi connectivity index (χ0v) is 9.57. The van der Waals surface area contributed by atoms with E-state index in [2.05, 4.69) is 22.2 Å². The molecule has 0 aromatic carbocycles. The van der Waals surface area contributed by atoms with Gasteiger partial charge in [-0.05, 0) is 14.0 Å². The monoisotopic (exact) mass is 215 g/mol. The molecular formula is C10H21N3O2. The van der Waals surface area contributed by atoms with Crippen molar-refractivity contribution < 1.29 is 9.90 Å². The standard InChI is InChI=1S/C10H21N3O2/c1-9(10(14)15)11-3-4-13-7-5-12(2)6-8-13/h9,11H,3-8H2,1-2H3,(H,14,15). The van der Waals surface area contributed by atoms with Crippen molar-refractivity contribution in [2.75, 3.05) is 46.3 Å². The number of aliphatic carboxylic acids is 1. The first-order valence-corrected chi connectivity index (χ1v) is 5.46. The predicted molar refractivity (Wildman–Crippen MR) is 59.0 cm³/mol. The Morgan fingerprint density at radius 3 is 2.53 bits per heavy atom. The van der Waals surface area contributed by atoms with E-state index < -0.39 is 12.0 Å². The highest BCUT2D eigenvalue weighted by Gasteiger charge is 2.14. The molecule has 0 aromatic rings. The number of likely N-dealkylation sites (N-methyl/N-ethyl adjacent to an activating group) is 1. The average Bonchev–Trinajstić information content (AvgIpc) is 2.20. The molecule has 1 saturated heterocycles. The number of nitrogens with one attached hydrogen (secondary N) is 1. The maximum absolute atomic E-state index is 10.5. The van der Waals surface area contributed by atoms with Gasteiger partial charge >= 0.3 is 5.97 Å². The maximum Gasteiger partial charge on any atom is 0.320 e. The second-order valence-electron chi connectivity index (χ2n) is 4.16. The SMILES string of the molecule is CC(NCCN1CCN(C)CC1)C(=O)O. The van der Waals surface area contributed by atoms with Gasteiger partial charge in [-0.1, -0.05) is 0 Å². The quantitative estimate of drug-likeness (QED) is 0.635. The van der Waals surface area contributed by atoms with Gasteiger partial charge in [-0.3, -0.25) is 9.69 Å². The van der Waals surface area contributed by atoms with Crippen LogP contribution in [-0.2, 0) is 4.79 Å². The molecule has 5 heteroatoms. The summed E-state index contributed by atoms with van der Waals surface area (Å²) < 4.78 is 0. The summed E-state index contributed by atoms with van der Waals surface area (Å²) in [5.74, 6) is -0.784. The number of rotatable bonds is 5. The molecule has 0 amide bonds. The van der Waals surface area contributed by atoms with Crippen LogP contribution < -0.4 is 5.32 Å². The number of carboxylic acid groups (broad SMARTS) is 1. The lowest BCUT2D eigenvalue weighted by Crippen LogP contribution is -2.47. The summed E-state index contributed by atoms with van der Waals surface area (Å²) in [5, 5.41) is 11.7. The molecule has 1 fully saturated rings. The van der Waals surface area contributed by atoms with Gasteiger partial charge in [0.1, 0.15) is 6.04 Å². The Morgan fingerprint density at radius 2 is 2.00 bits per heavy atom. The Bertz CT molecular complexity index is 203. The highest BCUT2D eigenvalue weighted by Crippen LogP contribution is 1.97. The molecule has 0 spiro atoms. The van der Waals surface area contributed by atoms with Crippen molar-refractivity contribution in [3.8, 4) is 0 Å². The number of hydrogen-bond acceptors (Lipinski definition) is 4. The van der Waals surface area contributed by atoms with E-state index in [0.29, 0.717) is 0 Å². The minimum Gasteiger partial charge on any atom is -0.480 e. The van der Waals surface area contributed by atoms with Crippen LogP contribution in [0.4, 0.5) is 0 Å². The van der Waals surface area contributed by atoms with Gasteiger partial charge in [0, 0.05) is 39.3 Å². The zero-order chi connectivity index (χ0) is 11.3. The second kappa shape index (κ2) is 6.05. The van der Waals surface area contributed by atoms with Crippen molar-refractivity contribution in [3.05, 3.63) is 0 Å². The number of hydrogen-bond donors (Lipinski definition) is 2. The van der Waals surface area contributed by atoms with Crippen LogP contribution in [0.3, 0.4) is 0 Å². The van der Waals surface area contributed by atoms with Crippen LogP contribution in [0, 0.1) is 0 Å². The molecule has 5 nitrogen and oxygen atoms in total. The minimum absolute atomic E-state index is 0.447. The van der Waals surface area contributed by atoms with Gasteiger partial charge in [0.2, 0.25) is 0 Å². The predicted octanol–water partition coefficient (Wildman–Crippen LogP) is -0.703. The largest absolute Gasteiger partial charge is 0.480 e. The minimum atomic E-state index is -0.784. The molecule has 0 aromatic heterocycles. The first-order valence-electron chi connectivity index (χ1n) is 5.46. The van der Waals surface area contributed by atoms with E-state index in [9.17, 15) is 4.79 Å². The normalized spacial score (nSPS) is 21.5. The molecule has 0 radical (unpaired) electrons. The van der Waals surface area contributed by atoms with Crippen molar-refractivity contribution in [3.63, 3.8) is 0 Å². The van der Waals surface area contributed by atoms with Crippen LogP contribution >= 0.6 is 0 Å². The summed E-state index contributed by atoms with van der Waals surface area (Å²) in [6.45, 7) is 7.73. The van der Waals surface area contributed by atoms with Gasteiger partial charge in [0.15, 0.2) is 0 Å². The lowest BCUT2D eigenvalue weighted by molar-refractivity contribution is -0.139. The molecule has 2 N–H and O–H groups in total. The lowest BCUT2D eigenvalue weighted by atomic mass is 10.3. The highest BCUT2D eigenvalue weighted by atomic mass is 16.4. The Hall–Kier alpha value is -0.650. The third-order valence-electron chi connectivity index (χ3n) is 2.84. The van der Waals surface area contributed by atoms with E-state index in [1.54, 1.807) is 6.92 Å². The molecule has 15 heavy (non-hydrogen) atoms. The Morgan fingerprint density at radius 1 is 1.40 bits per heavy atom. The molecule has 0 aliphatic carbocycles. The number of carboxylic acids is 1. The number of piperazine rings is 1. The molecule has 1 aliphatic rings. The molecule has 1 aliphatic heterocycles. The fourth-order valence-electron chi connectivity index (χ4n) is 1.60. The van der Waals surface area contributed by atoms with Crippen LogP contribution in [0.2, 0.25) is 0 Å². The van der Waals surface area contributed by atoms with Gasteiger partial charge in [0.25, 0.3) is 0 Å². The van der Waals surface area contributed by atoms with Crippen molar-refractivity contribution >= 4 is 5.97 Å². The molecular weight excluding hydrogens is 194 g/mol. The summed E-state index contributed by atoms with van der Waals surface area (Å²) >= 11 is 0. The second-order valence-corrected chi connectivity index (χ2v) is 4.16. The van der Waals surface area contributed by atoms with Gasteiger partial charge in [0.05, 0.1) is 0 Å². The van der Waals surface area contributed by atoms with Gasteiger partial charge in [-0.25, -0.2) is 0 Å². The summed E-state index contributed by atoms with van der Waals surface area (Å²) in [5.41, 5.74) is 0. The van der Waals surface area contributed by atoms with Crippen LogP contribution in [0.25, 0.3) is 0 Å². The summed E-state index contributed by atoms with van der Waals surface area (Å²) in [6, 6.07) is -0.447. The molecule has 1 heterocycles. The van der Waals surface area contributed by atoms with E-state index in [-0.39, 0.29) is 0 Å². The third kappa shape index (κ3) is 4.59. The number of carbonyl (C=O) groups is 1. The first-order chi connectivity index (χ1) is 7.09. The van der Waals surface area contributed by atoms with E-state index in [1.165, 1.54) is 0 Å². The van der Waals surface area contributed by atoms with Crippen LogP contribution in [-0.4, -0.2) is 73.2 Å². The summed E-state index contributed by atoms with van der Waals surface area (Å²) in [6.07, 6.45) is 0. The Balaban J connectivity index is 2.07. The number of nitrogens with zero attached hydrogens (tertiary/aromatic N) is 2. The van der Waals surface area contributed by atoms with Gasteiger partial charge in [-0.15, -0.1) is 0 Å². The van der Waals surface area contributed by atoms with E-state index in [1.807, 2.05) is 0 Å². The topological polar surface area (TPSA) is 55.8 Å². The van der Waals surface area contributed by atoms with E-state index in [0.717, 1.165) is 39.3 Å². The molecule has 1 rings (SSSR count). The maximum atomic E-state index is 10.5. The fraction of sp³-hybridized carbons (Fsp3) is 0.900. The average molecular weight is 215 g/mol. The van der Waals surface area contributed by atoms with Gasteiger partial charge < -0.3 is 15.3 Å². The zero-order valence-electron chi connectivity index (χ0n) is 9.57. The third-order valence-corrected chi connectivity index (χ3v) is 2.84. The molecule has 1 atom stereocenters. The Labute approximate surface area is 91.0 Å². The molecule has 1 unspecified atom stereocenters.